The van der Waals surface area contributed by atoms with E-state index >= 15 is 0 Å². The second kappa shape index (κ2) is 7.18. The molecule has 0 saturated heterocycles. The maximum atomic E-state index is 11.8. The molecular weight excluding hydrogens is 378 g/mol. The zero-order chi connectivity index (χ0) is 20.7. The van der Waals surface area contributed by atoms with Gasteiger partial charge < -0.3 is 20.8 Å². The van der Waals surface area contributed by atoms with Gasteiger partial charge in [-0.2, -0.15) is 0 Å². The molecule has 0 atom stereocenters. The van der Waals surface area contributed by atoms with E-state index in [-0.39, 0.29) is 0 Å². The summed E-state index contributed by atoms with van der Waals surface area (Å²) >= 11 is 0. The Balaban J connectivity index is 1.61. The van der Waals surface area contributed by atoms with Crippen LogP contribution in [-0.2, 0) is 13.0 Å². The highest BCUT2D eigenvalue weighted by Gasteiger charge is 2.24. The van der Waals surface area contributed by atoms with Crippen molar-refractivity contribution >= 4 is 28.4 Å². The van der Waals surface area contributed by atoms with Gasteiger partial charge in [-0.05, 0) is 18.6 Å². The van der Waals surface area contributed by atoms with Gasteiger partial charge in [0.2, 0.25) is 0 Å². The van der Waals surface area contributed by atoms with E-state index in [2.05, 4.69) is 22.8 Å². The number of carbonyl (C=O) groups is 1. The fourth-order valence-corrected chi connectivity index (χ4v) is 3.91. The molecule has 7 nitrogen and oxygen atoms in total. The van der Waals surface area contributed by atoms with Crippen LogP contribution < -0.4 is 16.4 Å². The van der Waals surface area contributed by atoms with Gasteiger partial charge in [0.1, 0.15) is 11.3 Å². The fourth-order valence-electron chi connectivity index (χ4n) is 3.91. The van der Waals surface area contributed by atoms with Crippen molar-refractivity contribution in [2.45, 2.75) is 19.9 Å². The van der Waals surface area contributed by atoms with Crippen LogP contribution in [0.15, 0.2) is 52.9 Å². The third-order valence-corrected chi connectivity index (χ3v) is 5.33. The third-order valence-electron chi connectivity index (χ3n) is 5.33. The standard InChI is InChI=1S/C23H21N5O2/c1-13-18(15-8-5-9-16(21(24)29)20(15)30-13)22-27-17-10-11-25-19(17)23(28-22)26-12-14-6-3-2-4-7-14/h2-9,25H,10-12H2,1H3,(H2,24,29)(H,26,27,28). The molecule has 1 aliphatic heterocycles. The molecule has 0 unspecified atom stereocenters. The van der Waals surface area contributed by atoms with E-state index in [1.54, 1.807) is 12.1 Å². The molecule has 0 spiro atoms. The van der Waals surface area contributed by atoms with Crippen molar-refractivity contribution in [2.24, 2.45) is 5.73 Å². The zero-order valence-electron chi connectivity index (χ0n) is 16.5. The van der Waals surface area contributed by atoms with E-state index in [0.717, 1.165) is 41.1 Å². The summed E-state index contributed by atoms with van der Waals surface area (Å²) < 4.78 is 5.92. The predicted octanol–water partition coefficient (Wildman–Crippen LogP) is 3.88. The lowest BCUT2D eigenvalue weighted by Gasteiger charge is -2.12. The quantitative estimate of drug-likeness (QED) is 0.470. The molecule has 0 aliphatic carbocycles. The number of hydrogen-bond donors (Lipinski definition) is 3. The van der Waals surface area contributed by atoms with Gasteiger partial charge in [0, 0.05) is 24.9 Å². The Labute approximate surface area is 173 Å². The van der Waals surface area contributed by atoms with Crippen molar-refractivity contribution in [2.75, 3.05) is 17.2 Å². The molecule has 0 radical (unpaired) electrons. The number of carbonyl (C=O) groups excluding carboxylic acids is 1. The molecule has 1 aliphatic rings. The smallest absolute Gasteiger partial charge is 0.252 e. The number of para-hydroxylation sites is 1. The number of amides is 1. The summed E-state index contributed by atoms with van der Waals surface area (Å²) in [6.45, 7) is 3.33. The first-order valence-electron chi connectivity index (χ1n) is 9.86. The van der Waals surface area contributed by atoms with E-state index in [0.29, 0.717) is 29.3 Å². The number of anilines is 2. The van der Waals surface area contributed by atoms with Gasteiger partial charge in [0.25, 0.3) is 5.91 Å². The second-order valence-corrected chi connectivity index (χ2v) is 7.31. The number of primary amides is 1. The first-order valence-corrected chi connectivity index (χ1v) is 9.86. The number of nitrogens with two attached hydrogens (primary N) is 1. The molecule has 0 bridgehead atoms. The Morgan fingerprint density at radius 2 is 2.00 bits per heavy atom. The highest BCUT2D eigenvalue weighted by atomic mass is 16.3. The van der Waals surface area contributed by atoms with Gasteiger partial charge in [0.15, 0.2) is 11.6 Å². The van der Waals surface area contributed by atoms with Crippen LogP contribution in [0.5, 0.6) is 0 Å². The number of nitrogens with one attached hydrogen (secondary N) is 2. The van der Waals surface area contributed by atoms with Gasteiger partial charge in [0.05, 0.1) is 22.5 Å². The van der Waals surface area contributed by atoms with E-state index in [1.165, 1.54) is 5.56 Å². The maximum absolute atomic E-state index is 11.8. The summed E-state index contributed by atoms with van der Waals surface area (Å²) in [6, 6.07) is 15.5. The Morgan fingerprint density at radius 1 is 1.17 bits per heavy atom. The number of fused-ring (bicyclic) bond motifs is 2. The van der Waals surface area contributed by atoms with Crippen LogP contribution >= 0.6 is 0 Å². The van der Waals surface area contributed by atoms with Crippen molar-refractivity contribution in [1.29, 1.82) is 0 Å². The Kier molecular flexibility index (Phi) is 4.35. The third kappa shape index (κ3) is 3.04. The second-order valence-electron chi connectivity index (χ2n) is 7.31. The lowest BCUT2D eigenvalue weighted by molar-refractivity contribution is 0.100. The molecule has 2 aromatic carbocycles. The van der Waals surface area contributed by atoms with Crippen LogP contribution in [0, 0.1) is 6.92 Å². The Bertz CT molecular complexity index is 1260. The summed E-state index contributed by atoms with van der Waals surface area (Å²) in [6.07, 6.45) is 0.826. The summed E-state index contributed by atoms with van der Waals surface area (Å²) in [7, 11) is 0. The van der Waals surface area contributed by atoms with Gasteiger partial charge >= 0.3 is 0 Å². The molecule has 7 heteroatoms. The minimum absolute atomic E-state index is 0.354. The van der Waals surface area contributed by atoms with Crippen LogP contribution in [-0.4, -0.2) is 22.4 Å². The van der Waals surface area contributed by atoms with Gasteiger partial charge in [-0.25, -0.2) is 9.97 Å². The summed E-state index contributed by atoms with van der Waals surface area (Å²) in [5, 5.41) is 7.60. The molecule has 1 amide bonds. The number of benzene rings is 2. The van der Waals surface area contributed by atoms with Crippen LogP contribution in [0.1, 0.15) is 27.4 Å². The van der Waals surface area contributed by atoms with Crippen molar-refractivity contribution in [3.8, 4) is 11.4 Å². The molecular formula is C23H21N5O2. The van der Waals surface area contributed by atoms with Crippen molar-refractivity contribution < 1.29 is 9.21 Å². The summed E-state index contributed by atoms with van der Waals surface area (Å²) in [5.74, 6) is 1.46. The molecule has 30 heavy (non-hydrogen) atoms. The largest absolute Gasteiger partial charge is 0.460 e. The molecule has 4 aromatic rings. The minimum atomic E-state index is -0.523. The van der Waals surface area contributed by atoms with E-state index in [1.807, 2.05) is 31.2 Å². The number of hydrogen-bond acceptors (Lipinski definition) is 6. The average molecular weight is 399 g/mol. The van der Waals surface area contributed by atoms with Crippen LogP contribution in [0.3, 0.4) is 0 Å². The SMILES string of the molecule is Cc1oc2c(C(N)=O)cccc2c1-c1nc2c(c(NCc3ccccc3)n1)NCC2. The fraction of sp³-hybridized carbons (Fsp3) is 0.174. The number of nitrogens with zero attached hydrogens (tertiary/aromatic N) is 2. The summed E-state index contributed by atoms with van der Waals surface area (Å²) in [4.78, 5) is 21.4. The first kappa shape index (κ1) is 18.2. The molecule has 2 aromatic heterocycles. The van der Waals surface area contributed by atoms with Crippen LogP contribution in [0.25, 0.3) is 22.4 Å². The highest BCUT2D eigenvalue weighted by Crippen LogP contribution is 2.37. The molecule has 150 valence electrons. The molecule has 3 heterocycles. The van der Waals surface area contributed by atoms with Crippen molar-refractivity contribution in [3.63, 3.8) is 0 Å². The van der Waals surface area contributed by atoms with Crippen LogP contribution in [0.4, 0.5) is 11.5 Å². The number of aryl methyl sites for hydroxylation is 1. The normalized spacial score (nSPS) is 12.6. The number of furan rings is 1. The van der Waals surface area contributed by atoms with Gasteiger partial charge in [-0.3, -0.25) is 4.79 Å². The maximum Gasteiger partial charge on any atom is 0.252 e. The average Bonchev–Trinajstić information content (AvgIpc) is 3.35. The van der Waals surface area contributed by atoms with E-state index in [9.17, 15) is 4.79 Å². The lowest BCUT2D eigenvalue weighted by Crippen LogP contribution is -2.10. The Hall–Kier alpha value is -3.87. The van der Waals surface area contributed by atoms with Crippen LogP contribution in [0.2, 0.25) is 0 Å². The number of aromatic nitrogens is 2. The minimum Gasteiger partial charge on any atom is -0.460 e. The van der Waals surface area contributed by atoms with Gasteiger partial charge in [-0.1, -0.05) is 42.5 Å². The monoisotopic (exact) mass is 399 g/mol. The molecule has 4 N–H and O–H groups in total. The first-order chi connectivity index (χ1) is 14.6. The van der Waals surface area contributed by atoms with Gasteiger partial charge in [-0.15, -0.1) is 0 Å². The van der Waals surface area contributed by atoms with Crippen molar-refractivity contribution in [1.82, 2.24) is 9.97 Å². The van der Waals surface area contributed by atoms with E-state index < -0.39 is 5.91 Å². The number of rotatable bonds is 5. The zero-order valence-corrected chi connectivity index (χ0v) is 16.5. The lowest BCUT2D eigenvalue weighted by atomic mass is 10.1. The Morgan fingerprint density at radius 3 is 2.80 bits per heavy atom. The molecule has 0 saturated carbocycles. The molecule has 0 fully saturated rings. The predicted molar refractivity (Wildman–Crippen MR) is 116 cm³/mol. The van der Waals surface area contributed by atoms with E-state index in [4.69, 9.17) is 20.1 Å². The molecule has 5 rings (SSSR count). The topological polar surface area (TPSA) is 106 Å². The van der Waals surface area contributed by atoms with Crippen molar-refractivity contribution in [3.05, 3.63) is 71.1 Å². The summed E-state index contributed by atoms with van der Waals surface area (Å²) in [5.41, 5.74) is 10.2. The highest BCUT2D eigenvalue weighted by molar-refractivity contribution is 6.08.